The van der Waals surface area contributed by atoms with Crippen molar-refractivity contribution in [2.45, 2.75) is 13.2 Å². The second-order valence-electron chi connectivity index (χ2n) is 2.86. The van der Waals surface area contributed by atoms with E-state index in [9.17, 15) is 4.79 Å². The van der Waals surface area contributed by atoms with Gasteiger partial charge < -0.3 is 4.74 Å². The maximum atomic E-state index is 11.3. The van der Waals surface area contributed by atoms with Crippen LogP contribution in [-0.4, -0.2) is 20.9 Å². The van der Waals surface area contributed by atoms with Gasteiger partial charge in [0, 0.05) is 0 Å². The highest BCUT2D eigenvalue weighted by Gasteiger charge is 2.09. The summed E-state index contributed by atoms with van der Waals surface area (Å²) in [4.78, 5) is 11.3. The molecule has 13 heavy (non-hydrogen) atoms. The quantitative estimate of drug-likeness (QED) is 0.501. The summed E-state index contributed by atoms with van der Waals surface area (Å²) >= 11 is 0. The van der Waals surface area contributed by atoms with Gasteiger partial charge >= 0.3 is 5.97 Å². The monoisotopic (exact) mass is 174 g/mol. The van der Waals surface area contributed by atoms with Crippen molar-refractivity contribution in [3.8, 4) is 0 Å². The molecule has 0 saturated heterocycles. The molecule has 1 rings (SSSR count). The molecule has 0 aromatic heterocycles. The average Bonchev–Trinajstić information content (AvgIpc) is 2.16. The van der Waals surface area contributed by atoms with Crippen LogP contribution in [0.2, 0.25) is 0 Å². The van der Waals surface area contributed by atoms with Gasteiger partial charge in [0.1, 0.15) is 0 Å². The van der Waals surface area contributed by atoms with Gasteiger partial charge in [-0.25, -0.2) is 4.79 Å². The van der Waals surface area contributed by atoms with Gasteiger partial charge in [-0.3, -0.25) is 0 Å². The molecule has 0 spiro atoms. The van der Waals surface area contributed by atoms with E-state index < -0.39 is 0 Å². The van der Waals surface area contributed by atoms with Gasteiger partial charge in [-0.2, -0.15) is 0 Å². The highest BCUT2D eigenvalue weighted by molar-refractivity contribution is 6.09. The molecule has 3 heteroatoms. The summed E-state index contributed by atoms with van der Waals surface area (Å²) in [5, 5.41) is 0. The summed E-state index contributed by atoms with van der Waals surface area (Å²) in [6, 6.07) is 5.56. The Bertz CT molecular complexity index is 321. The highest BCUT2D eigenvalue weighted by atomic mass is 16.5. The minimum absolute atomic E-state index is 0.329. The Morgan fingerprint density at radius 1 is 1.54 bits per heavy atom. The lowest BCUT2D eigenvalue weighted by atomic mass is 9.92. The molecule has 0 fully saturated rings. The Labute approximate surface area is 79.3 Å². The van der Waals surface area contributed by atoms with Gasteiger partial charge in [-0.15, -0.1) is 0 Å². The molecule has 0 aliphatic rings. The third kappa shape index (κ3) is 2.11. The van der Waals surface area contributed by atoms with Crippen molar-refractivity contribution in [1.82, 2.24) is 0 Å². The first-order chi connectivity index (χ1) is 6.19. The molecule has 0 atom stereocenters. The zero-order valence-corrected chi connectivity index (χ0v) is 7.83. The van der Waals surface area contributed by atoms with Crippen LogP contribution in [0.1, 0.15) is 21.5 Å². The fraction of sp³-hybridized carbons (Fsp3) is 0.300. The second-order valence-corrected chi connectivity index (χ2v) is 2.86. The first kappa shape index (κ1) is 9.84. The molecule has 0 saturated carbocycles. The fourth-order valence-corrected chi connectivity index (χ4v) is 1.17. The number of methoxy groups -OCH3 is 1. The minimum atomic E-state index is -0.329. The number of esters is 1. The molecule has 0 unspecified atom stereocenters. The SMILES string of the molecule is [B]Cc1ccc(C)cc1C(=O)OC. The Balaban J connectivity index is 3.15. The predicted molar refractivity (Wildman–Crippen MR) is 52.0 cm³/mol. The Kier molecular flexibility index (Phi) is 3.12. The molecule has 0 N–H and O–H groups in total. The molecule has 0 aliphatic carbocycles. The van der Waals surface area contributed by atoms with Gasteiger partial charge in [0.15, 0.2) is 0 Å². The van der Waals surface area contributed by atoms with Crippen LogP contribution < -0.4 is 0 Å². The van der Waals surface area contributed by atoms with Crippen LogP contribution in [0.5, 0.6) is 0 Å². The zero-order valence-electron chi connectivity index (χ0n) is 7.83. The number of rotatable bonds is 2. The van der Waals surface area contributed by atoms with E-state index in [0.717, 1.165) is 11.1 Å². The topological polar surface area (TPSA) is 26.3 Å². The van der Waals surface area contributed by atoms with Crippen molar-refractivity contribution in [2.24, 2.45) is 0 Å². The molecule has 0 aliphatic heterocycles. The fourth-order valence-electron chi connectivity index (χ4n) is 1.17. The Morgan fingerprint density at radius 3 is 2.77 bits per heavy atom. The van der Waals surface area contributed by atoms with E-state index in [4.69, 9.17) is 7.85 Å². The van der Waals surface area contributed by atoms with Crippen molar-refractivity contribution < 1.29 is 9.53 Å². The first-order valence-electron chi connectivity index (χ1n) is 4.07. The number of hydrogen-bond donors (Lipinski definition) is 0. The van der Waals surface area contributed by atoms with Gasteiger partial charge in [0.25, 0.3) is 0 Å². The number of carbonyl (C=O) groups is 1. The van der Waals surface area contributed by atoms with E-state index in [1.54, 1.807) is 6.07 Å². The number of benzene rings is 1. The summed E-state index contributed by atoms with van der Waals surface area (Å²) < 4.78 is 4.64. The van der Waals surface area contributed by atoms with E-state index in [-0.39, 0.29) is 5.97 Å². The minimum Gasteiger partial charge on any atom is -0.465 e. The molecule has 0 bridgehead atoms. The molecule has 66 valence electrons. The number of aryl methyl sites for hydroxylation is 1. The summed E-state index contributed by atoms with van der Waals surface area (Å²) in [6.45, 7) is 1.92. The standard InChI is InChI=1S/C10H11BO2/c1-7-3-4-8(6-11)9(5-7)10(12)13-2/h3-5H,6H2,1-2H3. The van der Waals surface area contributed by atoms with E-state index in [1.807, 2.05) is 19.1 Å². The zero-order chi connectivity index (χ0) is 9.84. The van der Waals surface area contributed by atoms with Crippen LogP contribution in [-0.2, 0) is 11.1 Å². The number of carbonyl (C=O) groups excluding carboxylic acids is 1. The van der Waals surface area contributed by atoms with Crippen LogP contribution >= 0.6 is 0 Å². The Hall–Kier alpha value is -1.25. The van der Waals surface area contributed by atoms with Crippen molar-refractivity contribution >= 4 is 13.8 Å². The third-order valence-electron chi connectivity index (χ3n) is 1.89. The van der Waals surface area contributed by atoms with Crippen LogP contribution in [0, 0.1) is 6.92 Å². The first-order valence-corrected chi connectivity index (χ1v) is 4.07. The maximum absolute atomic E-state index is 11.3. The average molecular weight is 174 g/mol. The summed E-state index contributed by atoms with van der Waals surface area (Å²) in [7, 11) is 6.85. The second kappa shape index (κ2) is 4.12. The van der Waals surface area contributed by atoms with Crippen molar-refractivity contribution in [3.05, 3.63) is 34.9 Å². The summed E-state index contributed by atoms with van der Waals surface area (Å²) in [6.07, 6.45) is 0.352. The van der Waals surface area contributed by atoms with Crippen LogP contribution in [0.3, 0.4) is 0 Å². The smallest absolute Gasteiger partial charge is 0.338 e. The van der Waals surface area contributed by atoms with E-state index in [0.29, 0.717) is 11.9 Å². The molecular weight excluding hydrogens is 163 g/mol. The van der Waals surface area contributed by atoms with Crippen LogP contribution in [0.25, 0.3) is 0 Å². The lowest BCUT2D eigenvalue weighted by Crippen LogP contribution is -2.06. The van der Waals surface area contributed by atoms with E-state index >= 15 is 0 Å². The van der Waals surface area contributed by atoms with Gasteiger partial charge in [-0.05, 0) is 18.6 Å². The van der Waals surface area contributed by atoms with Gasteiger partial charge in [0.2, 0.25) is 0 Å². The molecule has 0 amide bonds. The normalized spacial score (nSPS) is 9.69. The molecule has 1 aromatic carbocycles. The highest BCUT2D eigenvalue weighted by Crippen LogP contribution is 2.12. The maximum Gasteiger partial charge on any atom is 0.338 e. The van der Waals surface area contributed by atoms with Gasteiger partial charge in [0.05, 0.1) is 20.5 Å². The van der Waals surface area contributed by atoms with Crippen molar-refractivity contribution in [1.29, 1.82) is 0 Å². The van der Waals surface area contributed by atoms with E-state index in [1.165, 1.54) is 7.11 Å². The summed E-state index contributed by atoms with van der Waals surface area (Å²) in [5.74, 6) is -0.329. The van der Waals surface area contributed by atoms with Crippen LogP contribution in [0.4, 0.5) is 0 Å². The number of hydrogen-bond acceptors (Lipinski definition) is 2. The summed E-state index contributed by atoms with van der Waals surface area (Å²) in [5.41, 5.74) is 2.40. The van der Waals surface area contributed by atoms with Crippen molar-refractivity contribution in [3.63, 3.8) is 0 Å². The molecule has 1 aromatic rings. The van der Waals surface area contributed by atoms with Crippen LogP contribution in [0.15, 0.2) is 18.2 Å². The lowest BCUT2D eigenvalue weighted by molar-refractivity contribution is 0.0599. The molecule has 0 heterocycles. The Morgan fingerprint density at radius 2 is 2.23 bits per heavy atom. The van der Waals surface area contributed by atoms with Gasteiger partial charge in [-0.1, -0.05) is 24.0 Å². The number of ether oxygens (including phenoxy) is 1. The third-order valence-corrected chi connectivity index (χ3v) is 1.89. The molecule has 2 nitrogen and oxygen atoms in total. The molecule has 2 radical (unpaired) electrons. The lowest BCUT2D eigenvalue weighted by Gasteiger charge is -2.06. The predicted octanol–water partition coefficient (Wildman–Crippen LogP) is 1.45. The van der Waals surface area contributed by atoms with E-state index in [2.05, 4.69) is 4.74 Å². The van der Waals surface area contributed by atoms with Crippen molar-refractivity contribution in [2.75, 3.05) is 7.11 Å². The molecular formula is C10H11BO2. The largest absolute Gasteiger partial charge is 0.465 e.